The zero-order valence-electron chi connectivity index (χ0n) is 14.8. The molecule has 0 saturated carbocycles. The summed E-state index contributed by atoms with van der Waals surface area (Å²) >= 11 is 0. The average molecular weight is 352 g/mol. The van der Waals surface area contributed by atoms with Gasteiger partial charge in [0.2, 0.25) is 5.91 Å². The number of carbonyl (C=O) groups excluding carboxylic acids is 1. The highest BCUT2D eigenvalue weighted by atomic mass is 19.1. The predicted octanol–water partition coefficient (Wildman–Crippen LogP) is 2.42. The Labute approximate surface area is 147 Å². The molecular weight excluding hydrogens is 326 g/mol. The number of rotatable bonds is 5. The van der Waals surface area contributed by atoms with Crippen molar-refractivity contribution in [3.05, 3.63) is 35.4 Å². The summed E-state index contributed by atoms with van der Waals surface area (Å²) in [5.74, 6) is -0.379. The molecule has 0 spiro atoms. The van der Waals surface area contributed by atoms with Crippen LogP contribution < -0.4 is 10.6 Å². The minimum absolute atomic E-state index is 0.111. The van der Waals surface area contributed by atoms with Crippen LogP contribution in [-0.2, 0) is 11.3 Å². The van der Waals surface area contributed by atoms with Crippen LogP contribution in [0.4, 0.5) is 8.78 Å². The molecule has 2 N–H and O–H groups in total. The summed E-state index contributed by atoms with van der Waals surface area (Å²) in [6.07, 6.45) is 3.67. The summed E-state index contributed by atoms with van der Waals surface area (Å²) in [7, 11) is 1.59. The van der Waals surface area contributed by atoms with E-state index in [4.69, 9.17) is 0 Å². The van der Waals surface area contributed by atoms with Crippen molar-refractivity contribution in [2.75, 3.05) is 20.1 Å². The number of likely N-dealkylation sites (tertiary alicyclic amines) is 1. The maximum atomic E-state index is 13.6. The molecule has 1 atom stereocenters. The van der Waals surface area contributed by atoms with Crippen LogP contribution in [-0.4, -0.2) is 42.9 Å². The highest BCUT2D eigenvalue weighted by molar-refractivity contribution is 5.81. The van der Waals surface area contributed by atoms with E-state index in [2.05, 4.69) is 22.5 Å². The van der Waals surface area contributed by atoms with Crippen molar-refractivity contribution < 1.29 is 13.6 Å². The molecule has 7 heteroatoms. The summed E-state index contributed by atoms with van der Waals surface area (Å²) in [6, 6.07) is 3.63. The molecule has 138 valence electrons. The summed E-state index contributed by atoms with van der Waals surface area (Å²) < 4.78 is 26.8. The van der Waals surface area contributed by atoms with E-state index in [0.29, 0.717) is 25.0 Å². The lowest BCUT2D eigenvalue weighted by Gasteiger charge is -2.33. The Hall–Kier alpha value is -2.18. The topological polar surface area (TPSA) is 56.7 Å². The average Bonchev–Trinajstić information content (AvgIpc) is 2.60. The van der Waals surface area contributed by atoms with Crippen molar-refractivity contribution in [1.82, 2.24) is 15.5 Å². The summed E-state index contributed by atoms with van der Waals surface area (Å²) in [5, 5.41) is 5.96. The molecule has 1 amide bonds. The first-order valence-corrected chi connectivity index (χ1v) is 8.69. The Kier molecular flexibility index (Phi) is 7.16. The van der Waals surface area contributed by atoms with Gasteiger partial charge in [0, 0.05) is 44.7 Å². The third-order valence-corrected chi connectivity index (χ3v) is 4.43. The lowest BCUT2D eigenvalue weighted by Crippen LogP contribution is -2.44. The Morgan fingerprint density at radius 3 is 2.84 bits per heavy atom. The van der Waals surface area contributed by atoms with E-state index in [1.807, 2.05) is 4.90 Å². The van der Waals surface area contributed by atoms with Gasteiger partial charge in [-0.25, -0.2) is 8.78 Å². The molecule has 1 aromatic rings. The minimum atomic E-state index is -0.484. The zero-order chi connectivity index (χ0) is 18.2. The highest BCUT2D eigenvalue weighted by Crippen LogP contribution is 2.17. The van der Waals surface area contributed by atoms with Crippen molar-refractivity contribution in [2.24, 2.45) is 4.99 Å². The third-order valence-electron chi connectivity index (χ3n) is 4.43. The second-order valence-corrected chi connectivity index (χ2v) is 6.27. The van der Waals surface area contributed by atoms with E-state index < -0.39 is 11.6 Å². The van der Waals surface area contributed by atoms with Crippen LogP contribution in [0.25, 0.3) is 0 Å². The second-order valence-electron chi connectivity index (χ2n) is 6.27. The SMILES string of the molecule is CN=C(NCCC(=O)N1CCCCC1C)NCc1cc(F)ccc1F. The van der Waals surface area contributed by atoms with Crippen molar-refractivity contribution in [3.8, 4) is 0 Å². The monoisotopic (exact) mass is 352 g/mol. The van der Waals surface area contributed by atoms with Crippen LogP contribution in [0.15, 0.2) is 23.2 Å². The molecule has 0 aromatic heterocycles. The molecule has 1 unspecified atom stereocenters. The fourth-order valence-electron chi connectivity index (χ4n) is 2.98. The molecule has 0 aliphatic carbocycles. The van der Waals surface area contributed by atoms with E-state index in [1.165, 1.54) is 6.42 Å². The fraction of sp³-hybridized carbons (Fsp3) is 0.556. The molecule has 1 aliphatic heterocycles. The molecule has 1 saturated heterocycles. The summed E-state index contributed by atoms with van der Waals surface area (Å²) in [4.78, 5) is 18.2. The van der Waals surface area contributed by atoms with E-state index in [0.717, 1.165) is 37.6 Å². The smallest absolute Gasteiger partial charge is 0.224 e. The number of halogens is 2. The molecular formula is C18H26F2N4O. The van der Waals surface area contributed by atoms with Crippen LogP contribution in [0.1, 0.15) is 38.2 Å². The molecule has 0 radical (unpaired) electrons. The largest absolute Gasteiger partial charge is 0.356 e. The van der Waals surface area contributed by atoms with E-state index >= 15 is 0 Å². The van der Waals surface area contributed by atoms with Gasteiger partial charge in [-0.3, -0.25) is 9.79 Å². The normalized spacial score (nSPS) is 18.2. The number of nitrogens with zero attached hydrogens (tertiary/aromatic N) is 2. The van der Waals surface area contributed by atoms with Crippen molar-refractivity contribution in [2.45, 2.75) is 45.2 Å². The zero-order valence-corrected chi connectivity index (χ0v) is 14.8. The first-order valence-electron chi connectivity index (χ1n) is 8.69. The number of guanidine groups is 1. The van der Waals surface area contributed by atoms with Gasteiger partial charge in [-0.15, -0.1) is 0 Å². The first-order chi connectivity index (χ1) is 12.0. The number of aliphatic imine (C=N–C) groups is 1. The van der Waals surface area contributed by atoms with Crippen LogP contribution >= 0.6 is 0 Å². The molecule has 5 nitrogen and oxygen atoms in total. The molecule has 1 heterocycles. The lowest BCUT2D eigenvalue weighted by molar-refractivity contribution is -0.134. The van der Waals surface area contributed by atoms with Crippen molar-refractivity contribution >= 4 is 11.9 Å². The maximum absolute atomic E-state index is 13.6. The van der Waals surface area contributed by atoms with Gasteiger partial charge >= 0.3 is 0 Å². The number of nitrogens with one attached hydrogen (secondary N) is 2. The highest BCUT2D eigenvalue weighted by Gasteiger charge is 2.22. The number of piperidine rings is 1. The lowest BCUT2D eigenvalue weighted by atomic mass is 10.0. The number of hydrogen-bond donors (Lipinski definition) is 2. The van der Waals surface area contributed by atoms with Crippen molar-refractivity contribution in [3.63, 3.8) is 0 Å². The van der Waals surface area contributed by atoms with Gasteiger partial charge in [-0.05, 0) is 44.4 Å². The number of benzene rings is 1. The van der Waals surface area contributed by atoms with Gasteiger partial charge in [-0.2, -0.15) is 0 Å². The Bertz CT molecular complexity index is 621. The Balaban J connectivity index is 1.76. The first kappa shape index (κ1) is 19.1. The molecule has 1 aliphatic rings. The predicted molar refractivity (Wildman–Crippen MR) is 94.2 cm³/mol. The number of carbonyl (C=O) groups is 1. The van der Waals surface area contributed by atoms with Crippen LogP contribution in [0.2, 0.25) is 0 Å². The van der Waals surface area contributed by atoms with E-state index in [-0.39, 0.29) is 18.0 Å². The Morgan fingerprint density at radius 1 is 1.32 bits per heavy atom. The van der Waals surface area contributed by atoms with Gasteiger partial charge in [0.1, 0.15) is 11.6 Å². The molecule has 0 bridgehead atoms. The number of hydrogen-bond acceptors (Lipinski definition) is 2. The third kappa shape index (κ3) is 5.69. The standard InChI is InChI=1S/C18H26F2N4O/c1-13-5-3-4-10-24(13)17(25)8-9-22-18(21-2)23-12-14-11-15(19)6-7-16(14)20/h6-7,11,13H,3-5,8-10,12H2,1-2H3,(H2,21,22,23). The summed E-state index contributed by atoms with van der Waals surface area (Å²) in [5.41, 5.74) is 0.223. The van der Waals surface area contributed by atoms with Crippen LogP contribution in [0.5, 0.6) is 0 Å². The molecule has 2 rings (SSSR count). The summed E-state index contributed by atoms with van der Waals surface area (Å²) in [6.45, 7) is 3.46. The van der Waals surface area contributed by atoms with Crippen LogP contribution in [0, 0.1) is 11.6 Å². The quantitative estimate of drug-likeness (QED) is 0.632. The number of amides is 1. The van der Waals surface area contributed by atoms with E-state index in [1.54, 1.807) is 7.05 Å². The second kappa shape index (κ2) is 9.34. The van der Waals surface area contributed by atoms with Gasteiger partial charge in [0.25, 0.3) is 0 Å². The van der Waals surface area contributed by atoms with Gasteiger partial charge in [-0.1, -0.05) is 0 Å². The van der Waals surface area contributed by atoms with Gasteiger partial charge in [0.05, 0.1) is 0 Å². The van der Waals surface area contributed by atoms with E-state index in [9.17, 15) is 13.6 Å². The van der Waals surface area contributed by atoms with Gasteiger partial charge in [0.15, 0.2) is 5.96 Å². The fourth-order valence-corrected chi connectivity index (χ4v) is 2.98. The van der Waals surface area contributed by atoms with Gasteiger partial charge < -0.3 is 15.5 Å². The molecule has 1 fully saturated rings. The minimum Gasteiger partial charge on any atom is -0.356 e. The molecule has 1 aromatic carbocycles. The van der Waals surface area contributed by atoms with Crippen molar-refractivity contribution in [1.29, 1.82) is 0 Å². The Morgan fingerprint density at radius 2 is 2.12 bits per heavy atom. The maximum Gasteiger partial charge on any atom is 0.224 e. The van der Waals surface area contributed by atoms with Crippen LogP contribution in [0.3, 0.4) is 0 Å². The molecule has 25 heavy (non-hydrogen) atoms.